The fourth-order valence-corrected chi connectivity index (χ4v) is 3.08. The maximum atomic E-state index is 9.18. The monoisotopic (exact) mass is 231 g/mol. The Labute approximate surface area is 97.5 Å². The number of anilines is 1. The summed E-state index contributed by atoms with van der Waals surface area (Å²) >= 11 is 0. The first-order chi connectivity index (χ1) is 8.26. The van der Waals surface area contributed by atoms with E-state index < -0.39 is 0 Å². The summed E-state index contributed by atoms with van der Waals surface area (Å²) in [6.07, 6.45) is 5.51. The molecule has 0 aromatic carbocycles. The molecule has 2 fully saturated rings. The fourth-order valence-electron chi connectivity index (χ4n) is 3.08. The van der Waals surface area contributed by atoms with Crippen molar-refractivity contribution in [1.29, 1.82) is 0 Å². The van der Waals surface area contributed by atoms with Crippen LogP contribution in [0.15, 0.2) is 12.7 Å². The molecule has 0 unspecified atom stereocenters. The van der Waals surface area contributed by atoms with Crippen molar-refractivity contribution >= 4 is 17.0 Å². The van der Waals surface area contributed by atoms with E-state index >= 15 is 0 Å². The summed E-state index contributed by atoms with van der Waals surface area (Å²) in [6, 6.07) is 0.430. The highest BCUT2D eigenvalue weighted by Gasteiger charge is 2.71. The molecule has 2 aromatic heterocycles. The molecule has 3 N–H and O–H groups in total. The summed E-state index contributed by atoms with van der Waals surface area (Å²) in [5.74, 6) is 0.891. The van der Waals surface area contributed by atoms with E-state index in [2.05, 4.69) is 19.5 Å². The normalized spacial score (nSPS) is 34.4. The maximum Gasteiger partial charge on any atom is 0.165 e. The minimum Gasteiger partial charge on any atom is -0.396 e. The van der Waals surface area contributed by atoms with Gasteiger partial charge in [0.1, 0.15) is 11.8 Å². The lowest BCUT2D eigenvalue weighted by molar-refractivity contribution is 0.264. The van der Waals surface area contributed by atoms with Crippen LogP contribution in [-0.4, -0.2) is 31.2 Å². The molecule has 2 heterocycles. The number of rotatable bonds is 2. The second-order valence-corrected chi connectivity index (χ2v) is 5.12. The van der Waals surface area contributed by atoms with Gasteiger partial charge >= 0.3 is 0 Å². The van der Waals surface area contributed by atoms with Crippen LogP contribution in [0.3, 0.4) is 0 Å². The third-order valence-electron chi connectivity index (χ3n) is 4.30. The predicted octanol–water partition coefficient (Wildman–Crippen LogP) is 0.352. The smallest absolute Gasteiger partial charge is 0.165 e. The van der Waals surface area contributed by atoms with Gasteiger partial charge in [-0.3, -0.25) is 0 Å². The molecule has 2 saturated carbocycles. The molecule has 17 heavy (non-hydrogen) atoms. The highest BCUT2D eigenvalue weighted by Crippen LogP contribution is 2.76. The average molecular weight is 231 g/mol. The Morgan fingerprint density at radius 1 is 1.41 bits per heavy atom. The number of nitrogens with zero attached hydrogens (tertiary/aromatic N) is 4. The van der Waals surface area contributed by atoms with Gasteiger partial charge in [0, 0.05) is 12.6 Å². The van der Waals surface area contributed by atoms with Crippen LogP contribution < -0.4 is 5.73 Å². The molecule has 4 rings (SSSR count). The summed E-state index contributed by atoms with van der Waals surface area (Å²) in [6.45, 7) is 0.292. The van der Waals surface area contributed by atoms with E-state index in [1.807, 2.05) is 0 Å². The van der Waals surface area contributed by atoms with Gasteiger partial charge in [-0.05, 0) is 24.2 Å². The van der Waals surface area contributed by atoms with Crippen molar-refractivity contribution in [3.63, 3.8) is 0 Å². The second kappa shape index (κ2) is 2.76. The molecular weight excluding hydrogens is 218 g/mol. The molecule has 3 atom stereocenters. The van der Waals surface area contributed by atoms with Gasteiger partial charge in [0.25, 0.3) is 0 Å². The van der Waals surface area contributed by atoms with Crippen molar-refractivity contribution in [3.05, 3.63) is 12.7 Å². The molecule has 2 aromatic rings. The Kier molecular flexibility index (Phi) is 1.52. The van der Waals surface area contributed by atoms with Crippen molar-refractivity contribution in [3.8, 4) is 0 Å². The Balaban J connectivity index is 1.77. The molecule has 1 spiro atoms. The lowest BCUT2D eigenvalue weighted by Crippen LogP contribution is -2.00. The van der Waals surface area contributed by atoms with Crippen LogP contribution in [0.25, 0.3) is 11.2 Å². The van der Waals surface area contributed by atoms with Crippen molar-refractivity contribution in [2.24, 2.45) is 11.3 Å². The van der Waals surface area contributed by atoms with Gasteiger partial charge < -0.3 is 15.4 Å². The number of aliphatic hydroxyl groups is 1. The number of aromatic nitrogens is 4. The van der Waals surface area contributed by atoms with E-state index in [0.717, 1.165) is 18.5 Å². The Bertz CT molecular complexity index is 609. The largest absolute Gasteiger partial charge is 0.396 e. The van der Waals surface area contributed by atoms with Crippen LogP contribution in [-0.2, 0) is 0 Å². The molecule has 0 amide bonds. The summed E-state index contributed by atoms with van der Waals surface area (Å²) in [7, 11) is 0. The molecule has 0 bridgehead atoms. The minimum atomic E-state index is 0.292. The number of hydrogen-bond acceptors (Lipinski definition) is 5. The Morgan fingerprint density at radius 2 is 2.29 bits per heavy atom. The first kappa shape index (κ1) is 9.35. The summed E-state index contributed by atoms with van der Waals surface area (Å²) in [4.78, 5) is 12.5. The van der Waals surface area contributed by atoms with E-state index in [4.69, 9.17) is 5.73 Å². The van der Waals surface area contributed by atoms with Crippen LogP contribution >= 0.6 is 0 Å². The highest BCUT2D eigenvalue weighted by atomic mass is 16.3. The van der Waals surface area contributed by atoms with E-state index in [-0.39, 0.29) is 0 Å². The molecule has 2 aliphatic rings. The number of imidazole rings is 1. The molecule has 6 heteroatoms. The lowest BCUT2D eigenvalue weighted by atomic mass is 10.3. The number of nitrogens with two attached hydrogens (primary N) is 1. The van der Waals surface area contributed by atoms with E-state index in [1.54, 1.807) is 6.33 Å². The third kappa shape index (κ3) is 1.06. The molecule has 2 aliphatic carbocycles. The van der Waals surface area contributed by atoms with Crippen LogP contribution in [0, 0.1) is 11.3 Å². The van der Waals surface area contributed by atoms with Crippen LogP contribution in [0.5, 0.6) is 0 Å². The zero-order valence-corrected chi connectivity index (χ0v) is 9.24. The summed E-state index contributed by atoms with van der Waals surface area (Å²) in [5.41, 5.74) is 7.57. The lowest BCUT2D eigenvalue weighted by Gasteiger charge is -2.01. The molecule has 0 saturated heterocycles. The van der Waals surface area contributed by atoms with Crippen molar-refractivity contribution < 1.29 is 5.11 Å². The number of aliphatic hydroxyl groups excluding tert-OH is 1. The van der Waals surface area contributed by atoms with Gasteiger partial charge in [0.05, 0.1) is 6.33 Å². The summed E-state index contributed by atoms with van der Waals surface area (Å²) in [5, 5.41) is 9.18. The van der Waals surface area contributed by atoms with Crippen molar-refractivity contribution in [2.75, 3.05) is 12.3 Å². The average Bonchev–Trinajstić information content (AvgIpc) is 3.18. The zero-order valence-electron chi connectivity index (χ0n) is 9.24. The third-order valence-corrected chi connectivity index (χ3v) is 4.30. The number of nitrogen functional groups attached to an aromatic ring is 1. The molecule has 0 aliphatic heterocycles. The van der Waals surface area contributed by atoms with Crippen molar-refractivity contribution in [2.45, 2.75) is 18.9 Å². The maximum absolute atomic E-state index is 9.18. The van der Waals surface area contributed by atoms with Crippen molar-refractivity contribution in [1.82, 2.24) is 19.5 Å². The minimum absolute atomic E-state index is 0.292. The predicted molar refractivity (Wildman–Crippen MR) is 61.0 cm³/mol. The first-order valence-electron chi connectivity index (χ1n) is 5.80. The van der Waals surface area contributed by atoms with Crippen LogP contribution in [0.2, 0.25) is 0 Å². The Morgan fingerprint density at radius 3 is 3.06 bits per heavy atom. The van der Waals surface area contributed by atoms with Gasteiger partial charge in [0.2, 0.25) is 0 Å². The van der Waals surface area contributed by atoms with Gasteiger partial charge in [-0.1, -0.05) is 0 Å². The van der Waals surface area contributed by atoms with E-state index in [9.17, 15) is 5.11 Å². The zero-order chi connectivity index (χ0) is 11.6. The van der Waals surface area contributed by atoms with Crippen LogP contribution in [0.1, 0.15) is 18.9 Å². The number of hydrogen-bond donors (Lipinski definition) is 2. The number of fused-ring (bicyclic) bond motifs is 1. The molecule has 0 radical (unpaired) electrons. The SMILES string of the molecule is Nc1ncnc2c1ncn2[C@H]1C[C@@]12C[C@H]2CO. The van der Waals surface area contributed by atoms with Gasteiger partial charge in [-0.2, -0.15) is 0 Å². The summed E-state index contributed by atoms with van der Waals surface area (Å²) < 4.78 is 2.09. The van der Waals surface area contributed by atoms with Gasteiger partial charge in [-0.15, -0.1) is 0 Å². The first-order valence-corrected chi connectivity index (χ1v) is 5.80. The van der Waals surface area contributed by atoms with E-state index in [1.165, 1.54) is 6.33 Å². The van der Waals surface area contributed by atoms with Gasteiger partial charge in [-0.25, -0.2) is 15.0 Å². The fraction of sp³-hybridized carbons (Fsp3) is 0.545. The molecule has 6 nitrogen and oxygen atoms in total. The molecular formula is C11H13N5O. The quantitative estimate of drug-likeness (QED) is 0.778. The Hall–Kier alpha value is -1.69. The van der Waals surface area contributed by atoms with Gasteiger partial charge in [0.15, 0.2) is 11.5 Å². The van der Waals surface area contributed by atoms with E-state index in [0.29, 0.717) is 35.3 Å². The molecule has 88 valence electrons. The topological polar surface area (TPSA) is 89.9 Å². The highest BCUT2D eigenvalue weighted by molar-refractivity contribution is 5.81. The standard InChI is InChI=1S/C11H13N5O/c12-9-8-10(14-4-13-9)16(5-15-8)7-2-11(7)1-6(11)3-17/h4-7,17H,1-3H2,(H2,12,13,14)/t6-,7-,11+/m0/s1. The van der Waals surface area contributed by atoms with Crippen LogP contribution in [0.4, 0.5) is 5.82 Å². The second-order valence-electron chi connectivity index (χ2n) is 5.12.